The van der Waals surface area contributed by atoms with Crippen molar-refractivity contribution in [3.05, 3.63) is 28.0 Å². The number of carboxylic acid groups (broad SMARTS) is 1. The maximum atomic E-state index is 13.9. The van der Waals surface area contributed by atoms with Gasteiger partial charge in [0, 0.05) is 12.8 Å². The van der Waals surface area contributed by atoms with Crippen molar-refractivity contribution >= 4 is 21.9 Å². The minimum Gasteiger partial charge on any atom is -0.487 e. The van der Waals surface area contributed by atoms with Crippen molar-refractivity contribution in [1.29, 1.82) is 0 Å². The molecule has 1 aromatic rings. The van der Waals surface area contributed by atoms with E-state index in [1.165, 1.54) is 12.1 Å². The van der Waals surface area contributed by atoms with Crippen molar-refractivity contribution in [1.82, 2.24) is 0 Å². The summed E-state index contributed by atoms with van der Waals surface area (Å²) >= 11 is 2.94. The minimum atomic E-state index is -1.18. The molecule has 1 N–H and O–H groups in total. The molecule has 0 atom stereocenters. The van der Waals surface area contributed by atoms with Crippen molar-refractivity contribution in [3.63, 3.8) is 0 Å². The Hall–Kier alpha value is -1.14. The van der Waals surface area contributed by atoms with E-state index >= 15 is 0 Å². The van der Waals surface area contributed by atoms with Crippen LogP contribution >= 0.6 is 15.9 Å². The van der Waals surface area contributed by atoms with Crippen LogP contribution < -0.4 is 4.74 Å². The number of carbonyl (C=O) groups is 1. The third-order valence-electron chi connectivity index (χ3n) is 2.74. The fourth-order valence-corrected chi connectivity index (χ4v) is 2.26. The lowest BCUT2D eigenvalue weighted by molar-refractivity contribution is 0.0239. The van der Waals surface area contributed by atoms with E-state index in [0.717, 1.165) is 0 Å². The standard InChI is InChI=1S/C12H12BrFO4/c13-10-8(12(15)16)1-2-9(11(10)14)18-7-3-5-17-6-4-7/h1-2,7H,3-6H2,(H,15,16). The van der Waals surface area contributed by atoms with Crippen molar-refractivity contribution < 1.29 is 23.8 Å². The Labute approximate surface area is 112 Å². The zero-order valence-electron chi connectivity index (χ0n) is 9.49. The van der Waals surface area contributed by atoms with Gasteiger partial charge in [-0.25, -0.2) is 9.18 Å². The number of benzene rings is 1. The van der Waals surface area contributed by atoms with Gasteiger partial charge in [-0.15, -0.1) is 0 Å². The molecule has 0 aromatic heterocycles. The molecule has 0 radical (unpaired) electrons. The molecule has 0 saturated carbocycles. The molecule has 1 aliphatic heterocycles. The number of aromatic carboxylic acids is 1. The van der Waals surface area contributed by atoms with Crippen LogP contribution in [-0.4, -0.2) is 30.4 Å². The Bertz CT molecular complexity index is 458. The average molecular weight is 319 g/mol. The summed E-state index contributed by atoms with van der Waals surface area (Å²) in [6, 6.07) is 2.67. The second-order valence-corrected chi connectivity index (χ2v) is 4.77. The van der Waals surface area contributed by atoms with Gasteiger partial charge in [-0.05, 0) is 28.1 Å². The summed E-state index contributed by atoms with van der Waals surface area (Å²) < 4.78 is 24.5. The number of hydrogen-bond donors (Lipinski definition) is 1. The van der Waals surface area contributed by atoms with Crippen molar-refractivity contribution in [2.24, 2.45) is 0 Å². The first-order valence-electron chi connectivity index (χ1n) is 5.55. The summed E-state index contributed by atoms with van der Waals surface area (Å²) in [5.41, 5.74) is -0.119. The molecule has 18 heavy (non-hydrogen) atoms. The maximum absolute atomic E-state index is 13.9. The number of halogens is 2. The predicted molar refractivity (Wildman–Crippen MR) is 65.5 cm³/mol. The van der Waals surface area contributed by atoms with E-state index < -0.39 is 11.8 Å². The predicted octanol–water partition coefficient (Wildman–Crippen LogP) is 2.84. The van der Waals surface area contributed by atoms with Crippen LogP contribution in [0.1, 0.15) is 23.2 Å². The Morgan fingerprint density at radius 1 is 1.44 bits per heavy atom. The molecule has 1 aromatic carbocycles. The molecule has 0 amide bonds. The Kier molecular flexibility index (Phi) is 4.19. The first-order chi connectivity index (χ1) is 8.59. The molecule has 0 spiro atoms. The van der Waals surface area contributed by atoms with Gasteiger partial charge in [0.2, 0.25) is 0 Å². The molecule has 4 nitrogen and oxygen atoms in total. The molecule has 0 aliphatic carbocycles. The fraction of sp³-hybridized carbons (Fsp3) is 0.417. The van der Waals surface area contributed by atoms with Crippen molar-refractivity contribution in [2.45, 2.75) is 18.9 Å². The summed E-state index contributed by atoms with van der Waals surface area (Å²) in [5.74, 6) is -1.79. The Morgan fingerprint density at radius 2 is 2.11 bits per heavy atom. The molecule has 0 unspecified atom stereocenters. The third-order valence-corrected chi connectivity index (χ3v) is 3.51. The topological polar surface area (TPSA) is 55.8 Å². The van der Waals surface area contributed by atoms with Gasteiger partial charge in [0.1, 0.15) is 6.10 Å². The van der Waals surface area contributed by atoms with Crippen LogP contribution in [0.3, 0.4) is 0 Å². The first-order valence-corrected chi connectivity index (χ1v) is 6.34. The molecular formula is C12H12BrFO4. The molecule has 1 heterocycles. The molecule has 1 fully saturated rings. The van der Waals surface area contributed by atoms with Crippen LogP contribution in [0, 0.1) is 5.82 Å². The van der Waals surface area contributed by atoms with Crippen LogP contribution in [0.15, 0.2) is 16.6 Å². The molecule has 1 saturated heterocycles. The normalized spacial score (nSPS) is 16.6. The number of ether oxygens (including phenoxy) is 2. The van der Waals surface area contributed by atoms with E-state index in [2.05, 4.69) is 15.9 Å². The van der Waals surface area contributed by atoms with Gasteiger partial charge in [0.05, 0.1) is 23.2 Å². The van der Waals surface area contributed by atoms with Crippen LogP contribution in [0.2, 0.25) is 0 Å². The molecule has 0 bridgehead atoms. The largest absolute Gasteiger partial charge is 0.487 e. The van der Waals surface area contributed by atoms with E-state index in [-0.39, 0.29) is 21.9 Å². The summed E-state index contributed by atoms with van der Waals surface area (Å²) in [4.78, 5) is 10.8. The Balaban J connectivity index is 2.18. The molecule has 2 rings (SSSR count). The highest BCUT2D eigenvalue weighted by atomic mass is 79.9. The zero-order chi connectivity index (χ0) is 13.1. The Morgan fingerprint density at radius 3 is 2.72 bits per heavy atom. The van der Waals surface area contributed by atoms with Crippen molar-refractivity contribution in [3.8, 4) is 5.75 Å². The molecule has 98 valence electrons. The molecular weight excluding hydrogens is 307 g/mol. The summed E-state index contributed by atoms with van der Waals surface area (Å²) in [6.45, 7) is 1.20. The van der Waals surface area contributed by atoms with Crippen molar-refractivity contribution in [2.75, 3.05) is 13.2 Å². The highest BCUT2D eigenvalue weighted by Gasteiger charge is 2.21. The van der Waals surface area contributed by atoms with E-state index in [1.807, 2.05) is 0 Å². The molecule has 1 aliphatic rings. The third kappa shape index (κ3) is 2.81. The van der Waals surface area contributed by atoms with Gasteiger partial charge in [0.15, 0.2) is 11.6 Å². The number of carboxylic acids is 1. The van der Waals surface area contributed by atoms with Gasteiger partial charge in [0.25, 0.3) is 0 Å². The first kappa shape index (κ1) is 13.3. The highest BCUT2D eigenvalue weighted by Crippen LogP contribution is 2.30. The van der Waals surface area contributed by atoms with Crippen LogP contribution in [-0.2, 0) is 4.74 Å². The summed E-state index contributed by atoms with van der Waals surface area (Å²) in [6.07, 6.45) is 1.32. The number of hydrogen-bond acceptors (Lipinski definition) is 3. The van der Waals surface area contributed by atoms with Crippen LogP contribution in [0.5, 0.6) is 5.75 Å². The van der Waals surface area contributed by atoms with Crippen LogP contribution in [0.25, 0.3) is 0 Å². The summed E-state index contributed by atoms with van der Waals surface area (Å²) in [7, 11) is 0. The lowest BCUT2D eigenvalue weighted by Gasteiger charge is -2.23. The SMILES string of the molecule is O=C(O)c1ccc(OC2CCOCC2)c(F)c1Br. The van der Waals surface area contributed by atoms with Gasteiger partial charge < -0.3 is 14.6 Å². The fourth-order valence-electron chi connectivity index (χ4n) is 1.76. The van der Waals surface area contributed by atoms with Gasteiger partial charge in [-0.3, -0.25) is 0 Å². The van der Waals surface area contributed by atoms with Gasteiger partial charge >= 0.3 is 5.97 Å². The quantitative estimate of drug-likeness (QED) is 0.931. The van der Waals surface area contributed by atoms with E-state index in [0.29, 0.717) is 26.1 Å². The second-order valence-electron chi connectivity index (χ2n) is 3.97. The second kappa shape index (κ2) is 5.67. The molecule has 6 heteroatoms. The zero-order valence-corrected chi connectivity index (χ0v) is 11.1. The minimum absolute atomic E-state index is 0.0683. The smallest absolute Gasteiger partial charge is 0.336 e. The van der Waals surface area contributed by atoms with E-state index in [4.69, 9.17) is 14.6 Å². The van der Waals surface area contributed by atoms with E-state index in [9.17, 15) is 9.18 Å². The van der Waals surface area contributed by atoms with E-state index in [1.54, 1.807) is 0 Å². The summed E-state index contributed by atoms with van der Waals surface area (Å²) in [5, 5.41) is 8.85. The van der Waals surface area contributed by atoms with Crippen LogP contribution in [0.4, 0.5) is 4.39 Å². The maximum Gasteiger partial charge on any atom is 0.336 e. The average Bonchev–Trinajstić information content (AvgIpc) is 2.36. The van der Waals surface area contributed by atoms with Gasteiger partial charge in [-0.1, -0.05) is 0 Å². The monoisotopic (exact) mass is 318 g/mol. The highest BCUT2D eigenvalue weighted by molar-refractivity contribution is 9.10. The lowest BCUT2D eigenvalue weighted by Crippen LogP contribution is -2.26. The lowest BCUT2D eigenvalue weighted by atomic mass is 10.1. The number of rotatable bonds is 3. The van der Waals surface area contributed by atoms with Gasteiger partial charge in [-0.2, -0.15) is 0 Å².